The molecule has 15 heavy (non-hydrogen) atoms. The van der Waals surface area contributed by atoms with Crippen LogP contribution in [-0.2, 0) is 0 Å². The molecule has 2 heterocycles. The van der Waals surface area contributed by atoms with E-state index in [1.54, 1.807) is 29.8 Å². The van der Waals surface area contributed by atoms with Crippen molar-refractivity contribution in [2.24, 2.45) is 11.6 Å². The second-order valence-electron chi connectivity index (χ2n) is 2.29. The lowest BCUT2D eigenvalue weighted by molar-refractivity contribution is -0.578. The zero-order valence-electron chi connectivity index (χ0n) is 7.81. The van der Waals surface area contributed by atoms with Gasteiger partial charge in [0.1, 0.15) is 0 Å². The van der Waals surface area contributed by atoms with E-state index in [0.29, 0.717) is 0 Å². The molecule has 0 bridgehead atoms. The number of halogens is 2. The van der Waals surface area contributed by atoms with Crippen molar-refractivity contribution in [2.45, 2.75) is 6.29 Å². The first-order chi connectivity index (χ1) is 6.30. The molecule has 1 unspecified atom stereocenters. The van der Waals surface area contributed by atoms with Crippen LogP contribution >= 0.6 is 11.3 Å². The van der Waals surface area contributed by atoms with Gasteiger partial charge in [-0.25, -0.2) is 10.8 Å². The average Bonchev–Trinajstić information content (AvgIpc) is 2.68. The number of hydrogen-bond donors (Lipinski definition) is 3. The summed E-state index contributed by atoms with van der Waals surface area (Å²) < 4.78 is 1.39. The number of aromatic amines is 1. The van der Waals surface area contributed by atoms with Crippen LogP contribution in [0.3, 0.4) is 0 Å². The Bertz CT molecular complexity index is 270. The quantitative estimate of drug-likeness (QED) is 0.324. The SMILES string of the molecule is NC1NC=CC=[N+]1N.[Cl-].[Cl-].c1csc[nH+]1. The number of allylic oxidation sites excluding steroid dienone is 1. The molecule has 0 aromatic carbocycles. The Balaban J connectivity index is 0. The van der Waals surface area contributed by atoms with Crippen molar-refractivity contribution in [2.75, 3.05) is 0 Å². The number of thiazole rings is 1. The van der Waals surface area contributed by atoms with Gasteiger partial charge in [-0.3, -0.25) is 5.73 Å². The average molecular weight is 270 g/mol. The first-order valence-corrected chi connectivity index (χ1v) is 4.68. The fourth-order valence-electron chi connectivity index (χ4n) is 0.672. The van der Waals surface area contributed by atoms with Gasteiger partial charge >= 0.3 is 6.29 Å². The third kappa shape index (κ3) is 7.15. The maximum Gasteiger partial charge on any atom is 0.310 e. The van der Waals surface area contributed by atoms with E-state index in [2.05, 4.69) is 10.3 Å². The molecule has 5 nitrogen and oxygen atoms in total. The summed E-state index contributed by atoms with van der Waals surface area (Å²) in [6, 6.07) is 0. The van der Waals surface area contributed by atoms with Crippen molar-refractivity contribution in [1.82, 2.24) is 5.32 Å². The first-order valence-electron chi connectivity index (χ1n) is 3.73. The van der Waals surface area contributed by atoms with E-state index in [-0.39, 0.29) is 31.1 Å². The highest BCUT2D eigenvalue weighted by molar-refractivity contribution is 7.07. The Labute approximate surface area is 105 Å². The lowest BCUT2D eigenvalue weighted by atomic mass is 10.6. The fourth-order valence-corrected chi connectivity index (χ4v) is 1.06. The molecular weight excluding hydrogens is 257 g/mol. The second-order valence-corrected chi connectivity index (χ2v) is 3.07. The summed E-state index contributed by atoms with van der Waals surface area (Å²) in [6.07, 6.45) is 6.84. The highest BCUT2D eigenvalue weighted by Crippen LogP contribution is 1.80. The van der Waals surface area contributed by atoms with Crippen molar-refractivity contribution in [3.05, 3.63) is 29.4 Å². The molecule has 0 aliphatic carbocycles. The molecule has 0 radical (unpaired) electrons. The standard InChI is InChI=1S/C4H8N4.C3H3NS.2ClH/c5-4-7-2-1-3-8(4)6;1-2-5-3-4-1;;/h1-4H,5-6H2;1-3H;2*1H. The molecule has 1 aromatic heterocycles. The number of hydrazone groups is 1. The summed E-state index contributed by atoms with van der Waals surface area (Å²) in [5, 5.41) is 4.78. The van der Waals surface area contributed by atoms with Gasteiger partial charge in [0, 0.05) is 12.3 Å². The van der Waals surface area contributed by atoms with Gasteiger partial charge in [0.25, 0.3) is 0 Å². The molecule has 1 aliphatic rings. The molecule has 0 amide bonds. The topological polar surface area (TPSA) is 81.2 Å². The molecular formula is C7H13Cl2N5S. The summed E-state index contributed by atoms with van der Waals surface area (Å²) in [4.78, 5) is 2.88. The summed E-state index contributed by atoms with van der Waals surface area (Å²) >= 11 is 1.66. The number of H-pyrrole nitrogens is 1. The Morgan fingerprint density at radius 1 is 1.40 bits per heavy atom. The van der Waals surface area contributed by atoms with E-state index in [9.17, 15) is 0 Å². The first kappa shape index (κ1) is 16.6. The molecule has 86 valence electrons. The molecule has 2 rings (SSSR count). The largest absolute Gasteiger partial charge is 1.00 e. The van der Waals surface area contributed by atoms with Crippen LogP contribution in [-0.4, -0.2) is 17.2 Å². The lowest BCUT2D eigenvalue weighted by Crippen LogP contribution is -3.00. The van der Waals surface area contributed by atoms with Crippen LogP contribution in [0.1, 0.15) is 0 Å². The summed E-state index contributed by atoms with van der Waals surface area (Å²) in [5.74, 6) is 5.32. The molecule has 0 fully saturated rings. The normalized spacial score (nSPS) is 16.9. The van der Waals surface area contributed by atoms with Crippen LogP contribution in [0.15, 0.2) is 29.4 Å². The van der Waals surface area contributed by atoms with E-state index in [1.807, 2.05) is 17.1 Å². The molecule has 1 aliphatic heterocycles. The van der Waals surface area contributed by atoms with Gasteiger partial charge in [-0.2, -0.15) is 0 Å². The van der Waals surface area contributed by atoms with Crippen molar-refractivity contribution < 1.29 is 34.5 Å². The molecule has 0 spiro atoms. The van der Waals surface area contributed by atoms with Crippen LogP contribution in [0.4, 0.5) is 0 Å². The number of aromatic nitrogens is 1. The Kier molecular flexibility index (Phi) is 10.8. The number of nitrogens with zero attached hydrogens (tertiary/aromatic N) is 1. The minimum absolute atomic E-state index is 0. The minimum Gasteiger partial charge on any atom is -1.00 e. The Morgan fingerprint density at radius 3 is 2.40 bits per heavy atom. The van der Waals surface area contributed by atoms with Gasteiger partial charge in [0.15, 0.2) is 12.4 Å². The minimum atomic E-state index is -0.278. The second kappa shape index (κ2) is 9.72. The van der Waals surface area contributed by atoms with Gasteiger partial charge in [0.2, 0.25) is 5.51 Å². The highest BCUT2D eigenvalue weighted by Gasteiger charge is 2.09. The zero-order chi connectivity index (χ0) is 9.52. The summed E-state index contributed by atoms with van der Waals surface area (Å²) in [7, 11) is 0. The van der Waals surface area contributed by atoms with Gasteiger partial charge in [0.05, 0.1) is 5.38 Å². The van der Waals surface area contributed by atoms with Gasteiger partial charge in [-0.05, 0) is 0 Å². The lowest BCUT2D eigenvalue weighted by Gasteiger charge is -2.07. The van der Waals surface area contributed by atoms with Gasteiger partial charge < -0.3 is 30.1 Å². The Morgan fingerprint density at radius 2 is 2.13 bits per heavy atom. The van der Waals surface area contributed by atoms with Crippen molar-refractivity contribution in [3.63, 3.8) is 0 Å². The Hall–Kier alpha value is -0.820. The molecule has 1 atom stereocenters. The van der Waals surface area contributed by atoms with Gasteiger partial charge in [-0.1, -0.05) is 16.0 Å². The maximum atomic E-state index is 5.39. The number of hydrogen-bond acceptors (Lipinski definition) is 4. The van der Waals surface area contributed by atoms with Crippen molar-refractivity contribution in [3.8, 4) is 0 Å². The predicted molar refractivity (Wildman–Crippen MR) is 51.6 cm³/mol. The van der Waals surface area contributed by atoms with Crippen LogP contribution in [0.25, 0.3) is 0 Å². The van der Waals surface area contributed by atoms with E-state index in [1.165, 1.54) is 4.68 Å². The zero-order valence-corrected chi connectivity index (χ0v) is 10.1. The fraction of sp³-hybridized carbons (Fsp3) is 0.143. The van der Waals surface area contributed by atoms with E-state index < -0.39 is 0 Å². The van der Waals surface area contributed by atoms with Crippen LogP contribution < -0.4 is 46.7 Å². The highest BCUT2D eigenvalue weighted by atomic mass is 35.5. The summed E-state index contributed by atoms with van der Waals surface area (Å²) in [6.45, 7) is 0. The number of hydrazine groups is 1. The van der Waals surface area contributed by atoms with Crippen LogP contribution in [0, 0.1) is 0 Å². The van der Waals surface area contributed by atoms with E-state index in [0.717, 1.165) is 0 Å². The third-order valence-electron chi connectivity index (χ3n) is 1.32. The summed E-state index contributed by atoms with van der Waals surface area (Å²) in [5.41, 5.74) is 7.30. The smallest absolute Gasteiger partial charge is 0.310 e. The van der Waals surface area contributed by atoms with E-state index in [4.69, 9.17) is 11.6 Å². The molecule has 6 N–H and O–H groups in total. The van der Waals surface area contributed by atoms with Crippen molar-refractivity contribution >= 4 is 17.6 Å². The molecule has 8 heteroatoms. The maximum absolute atomic E-state index is 5.39. The van der Waals surface area contributed by atoms with Crippen LogP contribution in [0.5, 0.6) is 0 Å². The van der Waals surface area contributed by atoms with Crippen molar-refractivity contribution in [1.29, 1.82) is 0 Å². The third-order valence-corrected chi connectivity index (χ3v) is 1.89. The van der Waals surface area contributed by atoms with E-state index >= 15 is 0 Å². The molecule has 0 saturated heterocycles. The molecule has 0 saturated carbocycles. The monoisotopic (exact) mass is 269 g/mol. The number of nitrogens with one attached hydrogen (secondary N) is 2. The molecule has 1 aromatic rings. The van der Waals surface area contributed by atoms with Gasteiger partial charge in [-0.15, -0.1) is 0 Å². The predicted octanol–water partition coefficient (Wildman–Crippen LogP) is -7.13. The van der Waals surface area contributed by atoms with Crippen LogP contribution in [0.2, 0.25) is 0 Å². The number of nitrogens with two attached hydrogens (primary N) is 2. The number of rotatable bonds is 0.